The molecule has 1 unspecified atom stereocenters. The summed E-state index contributed by atoms with van der Waals surface area (Å²) in [6.07, 6.45) is 0.988. The smallest absolute Gasteiger partial charge is 0.305 e. The quantitative estimate of drug-likeness (QED) is 0.793. The molecule has 0 bridgehead atoms. The van der Waals surface area contributed by atoms with Crippen molar-refractivity contribution in [3.63, 3.8) is 0 Å². The molecule has 2 N–H and O–H groups in total. The van der Waals surface area contributed by atoms with E-state index in [1.54, 1.807) is 0 Å². The van der Waals surface area contributed by atoms with Crippen molar-refractivity contribution in [3.8, 4) is 0 Å². The fourth-order valence-electron chi connectivity index (χ4n) is 1.71. The van der Waals surface area contributed by atoms with Gasteiger partial charge in [0.25, 0.3) is 0 Å². The fraction of sp³-hybridized carbons (Fsp3) is 0.462. The van der Waals surface area contributed by atoms with Crippen molar-refractivity contribution in [2.45, 2.75) is 32.7 Å². The Morgan fingerprint density at radius 2 is 2.12 bits per heavy atom. The zero-order chi connectivity index (χ0) is 12.1. The van der Waals surface area contributed by atoms with Crippen LogP contribution in [0.1, 0.15) is 35.6 Å². The maximum atomic E-state index is 11.0. The first-order valence-electron chi connectivity index (χ1n) is 5.44. The van der Waals surface area contributed by atoms with E-state index in [2.05, 4.69) is 24.7 Å². The molecule has 0 fully saturated rings. The maximum Gasteiger partial charge on any atom is 0.305 e. The molecular formula is C13H19NO2. The summed E-state index contributed by atoms with van der Waals surface area (Å²) in [6.45, 7) is 4.12. The molecule has 0 spiro atoms. The minimum absolute atomic E-state index is 0.0981. The Morgan fingerprint density at radius 3 is 2.75 bits per heavy atom. The third-order valence-electron chi connectivity index (χ3n) is 2.93. The molecular weight excluding hydrogens is 202 g/mol. The Bertz CT molecular complexity index is 374. The molecule has 0 aromatic heterocycles. The van der Waals surface area contributed by atoms with Crippen molar-refractivity contribution in [2.75, 3.05) is 7.11 Å². The number of hydrogen-bond acceptors (Lipinski definition) is 3. The summed E-state index contributed by atoms with van der Waals surface area (Å²) in [4.78, 5) is 11.0. The monoisotopic (exact) mass is 221 g/mol. The Hall–Kier alpha value is -1.35. The van der Waals surface area contributed by atoms with E-state index >= 15 is 0 Å². The van der Waals surface area contributed by atoms with E-state index in [9.17, 15) is 4.79 Å². The van der Waals surface area contributed by atoms with Crippen molar-refractivity contribution in [3.05, 3.63) is 34.9 Å². The summed E-state index contributed by atoms with van der Waals surface area (Å²) in [7, 11) is 1.39. The number of carbonyl (C=O) groups is 1. The van der Waals surface area contributed by atoms with Gasteiger partial charge in [-0.3, -0.25) is 4.79 Å². The number of ether oxygens (including phenoxy) is 1. The highest BCUT2D eigenvalue weighted by Crippen LogP contribution is 2.22. The van der Waals surface area contributed by atoms with E-state index in [1.807, 2.05) is 12.1 Å². The van der Waals surface area contributed by atoms with Crippen LogP contribution in [0.15, 0.2) is 18.2 Å². The second-order valence-corrected chi connectivity index (χ2v) is 4.01. The Balaban J connectivity index is 2.69. The highest BCUT2D eigenvalue weighted by Gasteiger charge is 2.12. The van der Waals surface area contributed by atoms with Gasteiger partial charge >= 0.3 is 5.97 Å². The lowest BCUT2D eigenvalue weighted by atomic mass is 9.95. The summed E-state index contributed by atoms with van der Waals surface area (Å²) >= 11 is 0. The molecule has 88 valence electrons. The Morgan fingerprint density at radius 1 is 1.44 bits per heavy atom. The number of benzene rings is 1. The van der Waals surface area contributed by atoms with Crippen LogP contribution in [0.4, 0.5) is 0 Å². The van der Waals surface area contributed by atoms with Crippen molar-refractivity contribution in [2.24, 2.45) is 5.73 Å². The van der Waals surface area contributed by atoms with Crippen LogP contribution in [0, 0.1) is 13.8 Å². The molecule has 1 aromatic carbocycles. The van der Waals surface area contributed by atoms with Crippen LogP contribution >= 0.6 is 0 Å². The molecule has 1 rings (SSSR count). The van der Waals surface area contributed by atoms with Crippen molar-refractivity contribution < 1.29 is 9.53 Å². The van der Waals surface area contributed by atoms with Crippen molar-refractivity contribution in [1.29, 1.82) is 0 Å². The van der Waals surface area contributed by atoms with Crippen LogP contribution in [-0.4, -0.2) is 13.1 Å². The molecule has 0 aliphatic rings. The topological polar surface area (TPSA) is 52.3 Å². The van der Waals surface area contributed by atoms with Gasteiger partial charge in [0, 0.05) is 12.5 Å². The number of carbonyl (C=O) groups excluding carboxylic acids is 1. The zero-order valence-electron chi connectivity index (χ0n) is 10.1. The number of methoxy groups -OCH3 is 1. The lowest BCUT2D eigenvalue weighted by Gasteiger charge is -2.15. The third kappa shape index (κ3) is 3.07. The Kier molecular flexibility index (Phi) is 4.50. The predicted molar refractivity (Wildman–Crippen MR) is 64.1 cm³/mol. The van der Waals surface area contributed by atoms with Gasteiger partial charge in [-0.2, -0.15) is 0 Å². The molecule has 3 heteroatoms. The molecule has 0 radical (unpaired) electrons. The molecule has 0 saturated heterocycles. The van der Waals surface area contributed by atoms with Gasteiger partial charge in [-0.1, -0.05) is 18.2 Å². The normalized spacial score (nSPS) is 12.2. The number of nitrogens with two attached hydrogens (primary N) is 1. The second-order valence-electron chi connectivity index (χ2n) is 4.01. The van der Waals surface area contributed by atoms with Crippen LogP contribution in [0.25, 0.3) is 0 Å². The second kappa shape index (κ2) is 5.66. The lowest BCUT2D eigenvalue weighted by molar-refractivity contribution is -0.140. The number of rotatable bonds is 4. The van der Waals surface area contributed by atoms with Gasteiger partial charge in [-0.25, -0.2) is 0 Å². The molecule has 0 amide bonds. The molecule has 0 aliphatic heterocycles. The van der Waals surface area contributed by atoms with Crippen molar-refractivity contribution >= 4 is 5.97 Å². The van der Waals surface area contributed by atoms with Crippen LogP contribution in [0.3, 0.4) is 0 Å². The summed E-state index contributed by atoms with van der Waals surface area (Å²) in [5.41, 5.74) is 9.61. The van der Waals surface area contributed by atoms with Crippen LogP contribution < -0.4 is 5.73 Å². The largest absolute Gasteiger partial charge is 0.469 e. The first-order valence-corrected chi connectivity index (χ1v) is 5.44. The summed E-state index contributed by atoms with van der Waals surface area (Å²) in [5.74, 6) is -0.208. The molecule has 0 aliphatic carbocycles. The van der Waals surface area contributed by atoms with Crippen LogP contribution in [0.5, 0.6) is 0 Å². The third-order valence-corrected chi connectivity index (χ3v) is 2.93. The van der Waals surface area contributed by atoms with E-state index in [-0.39, 0.29) is 12.0 Å². The zero-order valence-corrected chi connectivity index (χ0v) is 10.1. The van der Waals surface area contributed by atoms with E-state index in [0.717, 1.165) is 5.56 Å². The van der Waals surface area contributed by atoms with E-state index < -0.39 is 0 Å². The van der Waals surface area contributed by atoms with Crippen LogP contribution in [0.2, 0.25) is 0 Å². The molecule has 1 aromatic rings. The first-order chi connectivity index (χ1) is 7.56. The van der Waals surface area contributed by atoms with Gasteiger partial charge in [-0.05, 0) is 37.0 Å². The summed E-state index contributed by atoms with van der Waals surface area (Å²) in [6, 6.07) is 5.98. The van der Waals surface area contributed by atoms with Gasteiger partial charge < -0.3 is 10.5 Å². The van der Waals surface area contributed by atoms with Gasteiger partial charge in [0.15, 0.2) is 0 Å². The lowest BCUT2D eigenvalue weighted by Crippen LogP contribution is -2.14. The van der Waals surface area contributed by atoms with E-state index in [1.165, 1.54) is 18.2 Å². The van der Waals surface area contributed by atoms with E-state index in [0.29, 0.717) is 12.8 Å². The van der Waals surface area contributed by atoms with E-state index in [4.69, 9.17) is 5.73 Å². The SMILES string of the molecule is COC(=O)CCC(N)c1cccc(C)c1C. The molecule has 3 nitrogen and oxygen atoms in total. The van der Waals surface area contributed by atoms with Gasteiger partial charge in [0.05, 0.1) is 7.11 Å². The fourth-order valence-corrected chi connectivity index (χ4v) is 1.71. The first kappa shape index (κ1) is 12.7. The maximum absolute atomic E-state index is 11.0. The van der Waals surface area contributed by atoms with Crippen LogP contribution in [-0.2, 0) is 9.53 Å². The minimum Gasteiger partial charge on any atom is -0.469 e. The number of esters is 1. The average Bonchev–Trinajstić information content (AvgIpc) is 2.29. The van der Waals surface area contributed by atoms with Gasteiger partial charge in [0.1, 0.15) is 0 Å². The standard InChI is InChI=1S/C13H19NO2/c1-9-5-4-6-11(10(9)2)12(14)7-8-13(15)16-3/h4-6,12H,7-8,14H2,1-3H3. The number of hydrogen-bond donors (Lipinski definition) is 1. The van der Waals surface area contributed by atoms with Gasteiger partial charge in [0.2, 0.25) is 0 Å². The molecule has 0 heterocycles. The van der Waals surface area contributed by atoms with Crippen molar-refractivity contribution in [1.82, 2.24) is 0 Å². The highest BCUT2D eigenvalue weighted by atomic mass is 16.5. The predicted octanol–water partition coefficient (Wildman–Crippen LogP) is 2.26. The summed E-state index contributed by atoms with van der Waals surface area (Å²) < 4.78 is 4.60. The Labute approximate surface area is 96.6 Å². The molecule has 16 heavy (non-hydrogen) atoms. The highest BCUT2D eigenvalue weighted by molar-refractivity contribution is 5.69. The molecule has 1 atom stereocenters. The minimum atomic E-state index is -0.208. The van der Waals surface area contributed by atoms with Gasteiger partial charge in [-0.15, -0.1) is 0 Å². The molecule has 0 saturated carbocycles. The average molecular weight is 221 g/mol. The summed E-state index contributed by atoms with van der Waals surface area (Å²) in [5, 5.41) is 0. The number of aryl methyl sites for hydroxylation is 1.